The van der Waals surface area contributed by atoms with Crippen LogP contribution in [0.25, 0.3) is 0 Å². The number of aromatic nitrogens is 3. The monoisotopic (exact) mass is 858 g/mol. The minimum Gasteiger partial charge on any atom is -0.371 e. The molecule has 0 spiro atoms. The van der Waals surface area contributed by atoms with Crippen molar-refractivity contribution in [2.24, 2.45) is 11.7 Å². The van der Waals surface area contributed by atoms with Gasteiger partial charge in [-0.05, 0) is 119 Å². The number of carbonyl (C=O) groups is 6. The normalized spacial score (nSPS) is 24.9. The zero-order chi connectivity index (χ0) is 43.4. The lowest BCUT2D eigenvalue weighted by molar-refractivity contribution is -0.136. The third-order valence-electron chi connectivity index (χ3n) is 14.5. The first kappa shape index (κ1) is 40.9. The maximum Gasteiger partial charge on any atom is 0.320 e. The highest BCUT2D eigenvalue weighted by molar-refractivity contribution is 6.23. The average Bonchev–Trinajstić information content (AvgIpc) is 3.96. The number of rotatable bonds is 10. The van der Waals surface area contributed by atoms with E-state index in [1.807, 2.05) is 28.0 Å². The van der Waals surface area contributed by atoms with Gasteiger partial charge in [-0.1, -0.05) is 12.1 Å². The highest BCUT2D eigenvalue weighted by Gasteiger charge is 2.46. The number of nitrogens with one attached hydrogen (secondary N) is 2. The van der Waals surface area contributed by atoms with E-state index in [0.717, 1.165) is 120 Å². The van der Waals surface area contributed by atoms with E-state index in [1.54, 1.807) is 12.1 Å². The number of fused-ring (bicyclic) bond motifs is 2. The first-order chi connectivity index (χ1) is 30.6. The Morgan fingerprint density at radius 3 is 2.21 bits per heavy atom. The summed E-state index contributed by atoms with van der Waals surface area (Å²) in [5, 5.41) is 14.0. The highest BCUT2D eigenvalue weighted by atomic mass is 16.2. The third-order valence-corrected chi connectivity index (χ3v) is 14.5. The van der Waals surface area contributed by atoms with E-state index in [4.69, 9.17) is 10.7 Å². The van der Waals surface area contributed by atoms with Crippen LogP contribution in [-0.4, -0.2) is 147 Å². The number of carbonyl (C=O) groups excluding carboxylic acids is 6. The molecule has 3 unspecified atom stereocenters. The molecule has 3 atom stereocenters. The quantitative estimate of drug-likeness (QED) is 0.251. The van der Waals surface area contributed by atoms with Crippen molar-refractivity contribution in [3.8, 4) is 0 Å². The number of piperidine rings is 4. The largest absolute Gasteiger partial charge is 0.371 e. The van der Waals surface area contributed by atoms with E-state index in [1.165, 1.54) is 5.56 Å². The fraction of sp³-hybridized carbons (Fsp3) is 0.533. The van der Waals surface area contributed by atoms with Gasteiger partial charge in [0, 0.05) is 63.6 Å². The van der Waals surface area contributed by atoms with Gasteiger partial charge in [0.2, 0.25) is 17.8 Å². The smallest absolute Gasteiger partial charge is 0.320 e. The summed E-state index contributed by atoms with van der Waals surface area (Å²) in [5.41, 5.74) is 9.24. The molecule has 4 N–H and O–H groups in total. The van der Waals surface area contributed by atoms with Gasteiger partial charge in [0.15, 0.2) is 11.5 Å². The van der Waals surface area contributed by atoms with Crippen molar-refractivity contribution < 1.29 is 28.8 Å². The molecule has 10 rings (SSSR count). The number of hydrogen-bond acceptors (Lipinski definition) is 13. The summed E-state index contributed by atoms with van der Waals surface area (Å²) in [7, 11) is 0. The van der Waals surface area contributed by atoms with Gasteiger partial charge in [-0.25, -0.2) is 4.79 Å². The van der Waals surface area contributed by atoms with Crippen LogP contribution in [-0.2, 0) is 9.59 Å². The number of imide groups is 2. The van der Waals surface area contributed by atoms with Gasteiger partial charge in [0.1, 0.15) is 6.04 Å². The summed E-state index contributed by atoms with van der Waals surface area (Å²) in [5.74, 6) is -1.01. The Labute approximate surface area is 365 Å². The van der Waals surface area contributed by atoms with Crippen LogP contribution in [0.4, 0.5) is 27.9 Å². The molecule has 1 aromatic heterocycles. The number of hydrogen-bond donors (Lipinski definition) is 3. The first-order valence-electron chi connectivity index (χ1n) is 22.6. The number of primary amides is 1. The molecule has 18 heteroatoms. The zero-order valence-electron chi connectivity index (χ0n) is 35.4. The number of urea groups is 1. The molecular weight excluding hydrogens is 805 g/mol. The standard InChI is InChI=1S/C45H54N12O6/c46-39(59)38-40(49-44(51-50-38)54-17-1-3-32(25-54)56-26-33-4-2-18-55(33)45(56)63)47-30-7-5-28(6-8-30)29-15-19-52(20-16-29)24-27-13-21-53(22-14-27)31-9-10-34-35(23-31)43(62)57(42(34)61)36-11-12-37(58)48-41(36)60/h5-10,23,27,29,32-33,36H,1-4,11-22,24-26H2,(H2,46,59)(H,47,49,51)(H,48,58,60). The van der Waals surface area contributed by atoms with Gasteiger partial charge >= 0.3 is 6.03 Å². The zero-order valence-corrected chi connectivity index (χ0v) is 35.4. The van der Waals surface area contributed by atoms with Crippen LogP contribution in [0.3, 0.4) is 0 Å². The predicted octanol–water partition coefficient (Wildman–Crippen LogP) is 3.08. The summed E-state index contributed by atoms with van der Waals surface area (Å²) in [4.78, 5) is 92.9. The Bertz CT molecular complexity index is 2330. The topological polar surface area (TPSA) is 211 Å². The molecule has 7 aliphatic heterocycles. The summed E-state index contributed by atoms with van der Waals surface area (Å²) in [6.07, 6.45) is 8.37. The summed E-state index contributed by atoms with van der Waals surface area (Å²) >= 11 is 0. The lowest BCUT2D eigenvalue weighted by Crippen LogP contribution is -2.54. The molecule has 18 nitrogen and oxygen atoms in total. The van der Waals surface area contributed by atoms with Gasteiger partial charge in [0.25, 0.3) is 17.7 Å². The van der Waals surface area contributed by atoms with E-state index in [0.29, 0.717) is 41.5 Å². The SMILES string of the molecule is NC(=O)c1nnc(N2CCCC(N3CC4CCCN4C3=O)C2)nc1Nc1ccc(C2CCN(CC3CCN(c4ccc5c(c4)C(=O)N(C4CCC(=O)NC4=O)C5=O)CC3)CC2)cc1. The van der Waals surface area contributed by atoms with Gasteiger partial charge in [-0.2, -0.15) is 4.98 Å². The minimum absolute atomic E-state index is 0.0257. The molecule has 8 heterocycles. The number of likely N-dealkylation sites (tertiary alicyclic amines) is 1. The number of benzene rings is 2. The lowest BCUT2D eigenvalue weighted by Gasteiger charge is -2.38. The van der Waals surface area contributed by atoms with Crippen LogP contribution in [0.5, 0.6) is 0 Å². The van der Waals surface area contributed by atoms with Crippen LogP contribution < -0.4 is 26.2 Å². The summed E-state index contributed by atoms with van der Waals surface area (Å²) in [6.45, 7) is 7.75. The highest BCUT2D eigenvalue weighted by Crippen LogP contribution is 2.35. The van der Waals surface area contributed by atoms with Crippen molar-refractivity contribution in [3.05, 3.63) is 64.8 Å². The Hall–Kier alpha value is -6.17. The summed E-state index contributed by atoms with van der Waals surface area (Å²) < 4.78 is 0. The van der Waals surface area contributed by atoms with Crippen molar-refractivity contribution in [3.63, 3.8) is 0 Å². The molecule has 7 aliphatic rings. The van der Waals surface area contributed by atoms with Crippen LogP contribution >= 0.6 is 0 Å². The van der Waals surface area contributed by atoms with E-state index in [-0.39, 0.29) is 36.4 Å². The average molecular weight is 859 g/mol. The number of amides is 7. The van der Waals surface area contributed by atoms with Crippen LogP contribution in [0.2, 0.25) is 0 Å². The Morgan fingerprint density at radius 1 is 0.746 bits per heavy atom. The number of anilines is 4. The fourth-order valence-corrected chi connectivity index (χ4v) is 11.0. The second-order valence-corrected chi connectivity index (χ2v) is 18.3. The van der Waals surface area contributed by atoms with E-state index >= 15 is 0 Å². The van der Waals surface area contributed by atoms with Gasteiger partial charge in [0.05, 0.1) is 23.2 Å². The lowest BCUT2D eigenvalue weighted by atomic mass is 9.88. The van der Waals surface area contributed by atoms with Crippen molar-refractivity contribution in [1.29, 1.82) is 0 Å². The molecule has 63 heavy (non-hydrogen) atoms. The fourth-order valence-electron chi connectivity index (χ4n) is 11.0. The maximum absolute atomic E-state index is 13.4. The van der Waals surface area contributed by atoms with Gasteiger partial charge in [-0.3, -0.25) is 34.2 Å². The molecule has 330 valence electrons. The predicted molar refractivity (Wildman–Crippen MR) is 232 cm³/mol. The molecule has 0 aliphatic carbocycles. The van der Waals surface area contributed by atoms with E-state index in [2.05, 4.69) is 47.7 Å². The molecular formula is C45H54N12O6. The molecule has 7 amide bonds. The Kier molecular flexibility index (Phi) is 10.9. The molecule has 2 aromatic carbocycles. The van der Waals surface area contributed by atoms with Crippen LogP contribution in [0.15, 0.2) is 42.5 Å². The van der Waals surface area contributed by atoms with Crippen molar-refractivity contribution >= 4 is 58.7 Å². The van der Waals surface area contributed by atoms with E-state index < -0.39 is 35.6 Å². The molecule has 6 fully saturated rings. The summed E-state index contributed by atoms with van der Waals surface area (Å²) in [6, 6.07) is 13.2. The molecule has 0 radical (unpaired) electrons. The number of nitrogens with zero attached hydrogens (tertiary/aromatic N) is 9. The Balaban J connectivity index is 0.702. The van der Waals surface area contributed by atoms with Crippen molar-refractivity contribution in [2.75, 3.05) is 74.0 Å². The van der Waals surface area contributed by atoms with E-state index in [9.17, 15) is 28.8 Å². The molecule has 3 aromatic rings. The Morgan fingerprint density at radius 2 is 1.48 bits per heavy atom. The molecule has 0 bridgehead atoms. The first-order valence-corrected chi connectivity index (χ1v) is 22.6. The third kappa shape index (κ3) is 7.93. The maximum atomic E-state index is 13.4. The van der Waals surface area contributed by atoms with Crippen molar-refractivity contribution in [1.82, 2.24) is 40.1 Å². The molecule has 0 saturated carbocycles. The van der Waals surface area contributed by atoms with Gasteiger partial charge < -0.3 is 35.6 Å². The second kappa shape index (κ2) is 16.8. The second-order valence-electron chi connectivity index (χ2n) is 18.3. The van der Waals surface area contributed by atoms with Crippen LogP contribution in [0, 0.1) is 5.92 Å². The molecule has 6 saturated heterocycles. The van der Waals surface area contributed by atoms with Crippen LogP contribution in [0.1, 0.15) is 107 Å². The van der Waals surface area contributed by atoms with Gasteiger partial charge in [-0.15, -0.1) is 10.2 Å². The minimum atomic E-state index is -0.974. The van der Waals surface area contributed by atoms with Crippen molar-refractivity contribution in [2.45, 2.75) is 88.3 Å². The number of nitrogens with two attached hydrogens (primary N) is 1.